The van der Waals surface area contributed by atoms with Gasteiger partial charge in [-0.15, -0.1) is 0 Å². The van der Waals surface area contributed by atoms with Crippen LogP contribution in [0, 0.1) is 0 Å². The fourth-order valence-corrected chi connectivity index (χ4v) is 5.73. The molecule has 146 valence electrons. The molecule has 1 aromatic rings. The van der Waals surface area contributed by atoms with Crippen LogP contribution in [0.4, 0.5) is 0 Å². The van der Waals surface area contributed by atoms with Gasteiger partial charge in [0.2, 0.25) is 0 Å². The third-order valence-corrected chi connectivity index (χ3v) is 7.20. The maximum Gasteiger partial charge on any atom is 0.279 e. The first-order valence-electron chi connectivity index (χ1n) is 9.46. The van der Waals surface area contributed by atoms with Crippen LogP contribution in [0.25, 0.3) is 0 Å². The Hall–Kier alpha value is -1.31. The van der Waals surface area contributed by atoms with Crippen molar-refractivity contribution in [3.8, 4) is 11.5 Å². The molecular formula is C19H30N2O4S. The van der Waals surface area contributed by atoms with E-state index in [9.17, 15) is 8.42 Å². The molecule has 0 aromatic heterocycles. The largest absolute Gasteiger partial charge is 0.493 e. The lowest BCUT2D eigenvalue weighted by molar-refractivity contribution is 0.203. The number of hydrogen-bond acceptors (Lipinski definition) is 4. The van der Waals surface area contributed by atoms with Gasteiger partial charge in [0.1, 0.15) is 0 Å². The molecule has 1 aromatic carbocycles. The van der Waals surface area contributed by atoms with E-state index in [1.807, 2.05) is 13.0 Å². The van der Waals surface area contributed by atoms with Crippen molar-refractivity contribution in [1.82, 2.24) is 9.03 Å². The number of rotatable bonds is 6. The molecule has 3 rings (SSSR count). The van der Waals surface area contributed by atoms with Gasteiger partial charge in [0.15, 0.2) is 11.5 Å². The van der Waals surface area contributed by atoms with E-state index in [0.717, 1.165) is 43.4 Å². The van der Waals surface area contributed by atoms with Crippen molar-refractivity contribution in [2.45, 2.75) is 57.4 Å². The number of benzene rings is 1. The SMILES string of the molecule is CCCNS(=O)(=O)N1Cc2cc(OC)c(OC)cc2C2(CCCCC2)C1. The molecule has 2 aliphatic rings. The summed E-state index contributed by atoms with van der Waals surface area (Å²) in [5.41, 5.74) is 2.13. The molecule has 0 atom stereocenters. The van der Waals surface area contributed by atoms with Crippen LogP contribution in [0.1, 0.15) is 56.6 Å². The van der Waals surface area contributed by atoms with Crippen LogP contribution in [-0.2, 0) is 22.2 Å². The minimum Gasteiger partial charge on any atom is -0.493 e. The number of nitrogens with zero attached hydrogens (tertiary/aromatic N) is 1. The first-order valence-corrected chi connectivity index (χ1v) is 10.9. The Bertz CT molecular complexity index is 742. The predicted octanol–water partition coefficient (Wildman–Crippen LogP) is 2.97. The van der Waals surface area contributed by atoms with Gasteiger partial charge >= 0.3 is 0 Å². The normalized spacial score (nSPS) is 20.0. The third kappa shape index (κ3) is 3.57. The summed E-state index contributed by atoms with van der Waals surface area (Å²) >= 11 is 0. The quantitative estimate of drug-likeness (QED) is 0.821. The summed E-state index contributed by atoms with van der Waals surface area (Å²) in [7, 11) is -0.231. The monoisotopic (exact) mass is 382 g/mol. The first-order chi connectivity index (χ1) is 12.5. The van der Waals surface area contributed by atoms with Gasteiger partial charge in [0, 0.05) is 25.0 Å². The average Bonchev–Trinajstić information content (AvgIpc) is 2.66. The Labute approximate surface area is 157 Å². The van der Waals surface area contributed by atoms with E-state index in [2.05, 4.69) is 10.8 Å². The molecule has 0 saturated heterocycles. The van der Waals surface area contributed by atoms with E-state index >= 15 is 0 Å². The van der Waals surface area contributed by atoms with Gasteiger partial charge in [-0.25, -0.2) is 4.72 Å². The molecule has 0 radical (unpaired) electrons. The van der Waals surface area contributed by atoms with Crippen LogP contribution in [0.15, 0.2) is 12.1 Å². The standard InChI is InChI=1S/C19H30N2O4S/c1-4-10-20-26(22,23)21-13-15-11-17(24-2)18(25-3)12-16(15)19(14-21)8-6-5-7-9-19/h11-12,20H,4-10,13-14H2,1-3H3. The smallest absolute Gasteiger partial charge is 0.279 e. The van der Waals surface area contributed by atoms with Gasteiger partial charge in [0.05, 0.1) is 14.2 Å². The van der Waals surface area contributed by atoms with E-state index < -0.39 is 10.2 Å². The third-order valence-electron chi connectivity index (χ3n) is 5.69. The minimum absolute atomic E-state index is 0.133. The van der Waals surface area contributed by atoms with Crippen molar-refractivity contribution < 1.29 is 17.9 Å². The molecule has 7 heteroatoms. The highest BCUT2D eigenvalue weighted by atomic mass is 32.2. The fraction of sp³-hybridized carbons (Fsp3) is 0.684. The van der Waals surface area contributed by atoms with E-state index in [4.69, 9.17) is 9.47 Å². The molecule has 0 amide bonds. The van der Waals surface area contributed by atoms with Gasteiger partial charge in [-0.05, 0) is 42.5 Å². The fourth-order valence-electron chi connectivity index (χ4n) is 4.36. The van der Waals surface area contributed by atoms with Crippen LogP contribution in [0.5, 0.6) is 11.5 Å². The lowest BCUT2D eigenvalue weighted by atomic mass is 9.66. The molecule has 1 heterocycles. The highest BCUT2D eigenvalue weighted by Crippen LogP contribution is 2.47. The molecule has 1 fully saturated rings. The van der Waals surface area contributed by atoms with Gasteiger partial charge in [-0.2, -0.15) is 12.7 Å². The minimum atomic E-state index is -3.49. The lowest BCUT2D eigenvalue weighted by Crippen LogP contribution is -2.52. The Morgan fingerprint density at radius 2 is 1.77 bits per heavy atom. The molecule has 1 aliphatic heterocycles. The number of methoxy groups -OCH3 is 2. The second-order valence-electron chi connectivity index (χ2n) is 7.37. The maximum atomic E-state index is 12.8. The van der Waals surface area contributed by atoms with Crippen molar-refractivity contribution in [1.29, 1.82) is 0 Å². The lowest BCUT2D eigenvalue weighted by Gasteiger charge is -2.46. The van der Waals surface area contributed by atoms with Crippen molar-refractivity contribution in [2.24, 2.45) is 0 Å². The van der Waals surface area contributed by atoms with Gasteiger partial charge in [-0.3, -0.25) is 0 Å². The average molecular weight is 383 g/mol. The summed E-state index contributed by atoms with van der Waals surface area (Å²) in [6.07, 6.45) is 6.27. The summed E-state index contributed by atoms with van der Waals surface area (Å²) in [6, 6.07) is 4.02. The van der Waals surface area contributed by atoms with Gasteiger partial charge in [-0.1, -0.05) is 26.2 Å². The Kier molecular flexibility index (Phi) is 5.79. The summed E-state index contributed by atoms with van der Waals surface area (Å²) in [6.45, 7) is 3.34. The van der Waals surface area contributed by atoms with E-state index in [1.54, 1.807) is 18.5 Å². The Morgan fingerprint density at radius 3 is 2.38 bits per heavy atom. The molecule has 1 saturated carbocycles. The molecule has 0 unspecified atom stereocenters. The number of fused-ring (bicyclic) bond motifs is 2. The van der Waals surface area contributed by atoms with Crippen LogP contribution in [0.2, 0.25) is 0 Å². The molecule has 26 heavy (non-hydrogen) atoms. The summed E-state index contributed by atoms with van der Waals surface area (Å²) in [4.78, 5) is 0. The molecule has 1 N–H and O–H groups in total. The zero-order valence-corrected chi connectivity index (χ0v) is 16.8. The molecule has 1 aliphatic carbocycles. The van der Waals surface area contributed by atoms with Crippen LogP contribution >= 0.6 is 0 Å². The van der Waals surface area contributed by atoms with Gasteiger partial charge < -0.3 is 9.47 Å². The summed E-state index contributed by atoms with van der Waals surface area (Å²) in [5, 5.41) is 0. The number of nitrogens with one attached hydrogen (secondary N) is 1. The highest BCUT2D eigenvalue weighted by Gasteiger charge is 2.44. The first kappa shape index (κ1) is 19.5. The van der Waals surface area contributed by atoms with Crippen molar-refractivity contribution >= 4 is 10.2 Å². The van der Waals surface area contributed by atoms with Crippen LogP contribution < -0.4 is 14.2 Å². The topological polar surface area (TPSA) is 67.9 Å². The Morgan fingerprint density at radius 1 is 1.12 bits per heavy atom. The summed E-state index contributed by atoms with van der Waals surface area (Å²) < 4.78 is 40.9. The maximum absolute atomic E-state index is 12.8. The van der Waals surface area contributed by atoms with Crippen LogP contribution in [0.3, 0.4) is 0 Å². The van der Waals surface area contributed by atoms with Crippen molar-refractivity contribution in [3.63, 3.8) is 0 Å². The second-order valence-corrected chi connectivity index (χ2v) is 9.13. The molecular weight excluding hydrogens is 352 g/mol. The van der Waals surface area contributed by atoms with E-state index in [1.165, 1.54) is 12.0 Å². The van der Waals surface area contributed by atoms with Crippen molar-refractivity contribution in [3.05, 3.63) is 23.3 Å². The van der Waals surface area contributed by atoms with Gasteiger partial charge in [0.25, 0.3) is 10.2 Å². The Balaban J connectivity index is 2.05. The van der Waals surface area contributed by atoms with E-state index in [0.29, 0.717) is 25.4 Å². The number of hydrogen-bond donors (Lipinski definition) is 1. The summed E-state index contributed by atoms with van der Waals surface area (Å²) in [5.74, 6) is 1.37. The highest BCUT2D eigenvalue weighted by molar-refractivity contribution is 7.87. The van der Waals surface area contributed by atoms with E-state index in [-0.39, 0.29) is 5.41 Å². The second kappa shape index (κ2) is 7.74. The zero-order chi connectivity index (χ0) is 18.8. The molecule has 0 bridgehead atoms. The number of ether oxygens (including phenoxy) is 2. The van der Waals surface area contributed by atoms with Crippen LogP contribution in [-0.4, -0.2) is 40.0 Å². The molecule has 1 spiro atoms. The predicted molar refractivity (Wildman–Crippen MR) is 102 cm³/mol. The molecule has 6 nitrogen and oxygen atoms in total. The zero-order valence-electron chi connectivity index (χ0n) is 16.0. The van der Waals surface area contributed by atoms with Crippen molar-refractivity contribution in [2.75, 3.05) is 27.3 Å².